The molecule has 60 valence electrons. The second-order valence-corrected chi connectivity index (χ2v) is 2.44. The zero-order chi connectivity index (χ0) is 8.10. The summed E-state index contributed by atoms with van der Waals surface area (Å²) in [7, 11) is 0. The van der Waals surface area contributed by atoms with E-state index in [0.29, 0.717) is 12.0 Å². The first-order valence-corrected chi connectivity index (χ1v) is 3.77. The van der Waals surface area contributed by atoms with Crippen molar-refractivity contribution < 1.29 is 9.32 Å². The Morgan fingerprint density at radius 3 is 3.09 bits per heavy atom. The van der Waals surface area contributed by atoms with Crippen LogP contribution in [0.25, 0.3) is 0 Å². The number of nitrogens with zero attached hydrogens (tertiary/aromatic N) is 1. The molecule has 0 saturated heterocycles. The van der Waals surface area contributed by atoms with Crippen molar-refractivity contribution >= 4 is 6.29 Å². The molecule has 0 fully saturated rings. The van der Waals surface area contributed by atoms with Gasteiger partial charge >= 0.3 is 0 Å². The average molecular weight is 153 g/mol. The summed E-state index contributed by atoms with van der Waals surface area (Å²) in [5, 5.41) is 3.72. The van der Waals surface area contributed by atoms with Gasteiger partial charge in [-0.2, -0.15) is 0 Å². The van der Waals surface area contributed by atoms with Gasteiger partial charge in [0.25, 0.3) is 0 Å². The summed E-state index contributed by atoms with van der Waals surface area (Å²) in [6, 6.07) is 1.68. The number of aromatic nitrogens is 1. The SMILES string of the molecule is CCCCc1cc(C=O)on1. The Kier molecular flexibility index (Phi) is 2.83. The maximum atomic E-state index is 10.2. The molecule has 0 aliphatic carbocycles. The van der Waals surface area contributed by atoms with E-state index in [-0.39, 0.29) is 0 Å². The third kappa shape index (κ3) is 2.18. The molecular weight excluding hydrogens is 142 g/mol. The van der Waals surface area contributed by atoms with E-state index in [1.165, 1.54) is 0 Å². The molecule has 3 nitrogen and oxygen atoms in total. The number of aldehydes is 1. The third-order valence-electron chi connectivity index (χ3n) is 1.48. The summed E-state index contributed by atoms with van der Waals surface area (Å²) >= 11 is 0. The van der Waals surface area contributed by atoms with Gasteiger partial charge in [-0.05, 0) is 12.8 Å². The fourth-order valence-corrected chi connectivity index (χ4v) is 0.859. The molecular formula is C8H11NO2. The van der Waals surface area contributed by atoms with Crippen LogP contribution in [0.3, 0.4) is 0 Å². The van der Waals surface area contributed by atoms with Crippen molar-refractivity contribution in [3.63, 3.8) is 0 Å². The first kappa shape index (κ1) is 7.98. The summed E-state index contributed by atoms with van der Waals surface area (Å²) in [6.07, 6.45) is 3.78. The summed E-state index contributed by atoms with van der Waals surface area (Å²) in [4.78, 5) is 10.2. The standard InChI is InChI=1S/C8H11NO2/c1-2-3-4-7-5-8(6-10)11-9-7/h5-6H,2-4H2,1H3. The van der Waals surface area contributed by atoms with Gasteiger partial charge in [-0.25, -0.2) is 0 Å². The zero-order valence-electron chi connectivity index (χ0n) is 6.54. The van der Waals surface area contributed by atoms with Gasteiger partial charge in [0, 0.05) is 6.07 Å². The van der Waals surface area contributed by atoms with E-state index in [2.05, 4.69) is 12.1 Å². The van der Waals surface area contributed by atoms with Gasteiger partial charge < -0.3 is 4.52 Å². The second-order valence-electron chi connectivity index (χ2n) is 2.44. The Morgan fingerprint density at radius 1 is 1.73 bits per heavy atom. The van der Waals surface area contributed by atoms with Crippen LogP contribution in [0.4, 0.5) is 0 Å². The molecule has 0 radical (unpaired) electrons. The number of aryl methyl sites for hydroxylation is 1. The Labute approximate surface area is 65.4 Å². The van der Waals surface area contributed by atoms with E-state index in [4.69, 9.17) is 4.52 Å². The quantitative estimate of drug-likeness (QED) is 0.620. The zero-order valence-corrected chi connectivity index (χ0v) is 6.54. The van der Waals surface area contributed by atoms with Crippen molar-refractivity contribution in [2.45, 2.75) is 26.2 Å². The van der Waals surface area contributed by atoms with Crippen LogP contribution < -0.4 is 0 Å². The van der Waals surface area contributed by atoms with Crippen molar-refractivity contribution in [2.24, 2.45) is 0 Å². The van der Waals surface area contributed by atoms with Crippen LogP contribution in [0, 0.1) is 0 Å². The summed E-state index contributed by atoms with van der Waals surface area (Å²) < 4.78 is 4.69. The maximum Gasteiger partial charge on any atom is 0.199 e. The lowest BCUT2D eigenvalue weighted by Gasteiger charge is -1.88. The van der Waals surface area contributed by atoms with Crippen molar-refractivity contribution in [3.8, 4) is 0 Å². The second kappa shape index (κ2) is 3.91. The number of carbonyl (C=O) groups excluding carboxylic acids is 1. The summed E-state index contributed by atoms with van der Waals surface area (Å²) in [5.74, 6) is 0.316. The Bertz CT molecular complexity index is 230. The lowest BCUT2D eigenvalue weighted by Crippen LogP contribution is -1.82. The lowest BCUT2D eigenvalue weighted by atomic mass is 10.2. The highest BCUT2D eigenvalue weighted by Gasteiger charge is 2.00. The van der Waals surface area contributed by atoms with Crippen molar-refractivity contribution in [1.82, 2.24) is 5.16 Å². The van der Waals surface area contributed by atoms with Gasteiger partial charge in [-0.15, -0.1) is 0 Å². The van der Waals surface area contributed by atoms with Gasteiger partial charge in [0.05, 0.1) is 5.69 Å². The minimum atomic E-state index is 0.316. The number of rotatable bonds is 4. The molecule has 0 bridgehead atoms. The van der Waals surface area contributed by atoms with Gasteiger partial charge in [0.2, 0.25) is 0 Å². The summed E-state index contributed by atoms with van der Waals surface area (Å²) in [6.45, 7) is 2.11. The molecule has 0 N–H and O–H groups in total. The molecule has 11 heavy (non-hydrogen) atoms. The van der Waals surface area contributed by atoms with E-state index >= 15 is 0 Å². The van der Waals surface area contributed by atoms with Crippen LogP contribution in [-0.2, 0) is 6.42 Å². The van der Waals surface area contributed by atoms with Crippen molar-refractivity contribution in [2.75, 3.05) is 0 Å². The van der Waals surface area contributed by atoms with Gasteiger partial charge in [0.15, 0.2) is 12.0 Å². The van der Waals surface area contributed by atoms with Crippen LogP contribution in [-0.4, -0.2) is 11.4 Å². The molecule has 1 aromatic rings. The van der Waals surface area contributed by atoms with Crippen LogP contribution in [0.1, 0.15) is 36.0 Å². The molecule has 0 saturated carbocycles. The number of hydrogen-bond donors (Lipinski definition) is 0. The third-order valence-corrected chi connectivity index (χ3v) is 1.48. The molecule has 1 heterocycles. The monoisotopic (exact) mass is 153 g/mol. The van der Waals surface area contributed by atoms with Gasteiger partial charge in [-0.1, -0.05) is 18.5 Å². The van der Waals surface area contributed by atoms with Crippen LogP contribution in [0.15, 0.2) is 10.6 Å². The van der Waals surface area contributed by atoms with E-state index in [0.717, 1.165) is 25.0 Å². The number of hydrogen-bond acceptors (Lipinski definition) is 3. The summed E-state index contributed by atoms with van der Waals surface area (Å²) in [5.41, 5.74) is 0.869. The molecule has 0 aliphatic heterocycles. The Balaban J connectivity index is 2.51. The molecule has 1 aromatic heterocycles. The number of unbranched alkanes of at least 4 members (excludes halogenated alkanes) is 1. The number of carbonyl (C=O) groups is 1. The molecule has 1 rings (SSSR count). The molecule has 0 aliphatic rings. The van der Waals surface area contributed by atoms with Crippen molar-refractivity contribution in [1.29, 1.82) is 0 Å². The van der Waals surface area contributed by atoms with E-state index in [1.54, 1.807) is 6.07 Å². The molecule has 0 aromatic carbocycles. The fraction of sp³-hybridized carbons (Fsp3) is 0.500. The van der Waals surface area contributed by atoms with Gasteiger partial charge in [0.1, 0.15) is 0 Å². The van der Waals surface area contributed by atoms with Crippen LogP contribution >= 0.6 is 0 Å². The highest BCUT2D eigenvalue weighted by Crippen LogP contribution is 2.04. The normalized spacial score (nSPS) is 9.91. The lowest BCUT2D eigenvalue weighted by molar-refractivity contribution is 0.109. The Morgan fingerprint density at radius 2 is 2.55 bits per heavy atom. The van der Waals surface area contributed by atoms with E-state index in [1.807, 2.05) is 0 Å². The molecule has 0 spiro atoms. The predicted molar refractivity (Wildman–Crippen MR) is 40.5 cm³/mol. The minimum Gasteiger partial charge on any atom is -0.353 e. The predicted octanol–water partition coefficient (Wildman–Crippen LogP) is 1.83. The van der Waals surface area contributed by atoms with Crippen molar-refractivity contribution in [3.05, 3.63) is 17.5 Å². The molecule has 0 amide bonds. The van der Waals surface area contributed by atoms with Gasteiger partial charge in [-0.3, -0.25) is 4.79 Å². The molecule has 0 unspecified atom stereocenters. The first-order chi connectivity index (χ1) is 5.36. The van der Waals surface area contributed by atoms with Crippen LogP contribution in [0.2, 0.25) is 0 Å². The fourth-order valence-electron chi connectivity index (χ4n) is 0.859. The highest BCUT2D eigenvalue weighted by atomic mass is 16.5. The average Bonchev–Trinajstić information content (AvgIpc) is 2.48. The largest absolute Gasteiger partial charge is 0.353 e. The smallest absolute Gasteiger partial charge is 0.199 e. The van der Waals surface area contributed by atoms with Crippen LogP contribution in [0.5, 0.6) is 0 Å². The first-order valence-electron chi connectivity index (χ1n) is 3.77. The Hall–Kier alpha value is -1.12. The topological polar surface area (TPSA) is 43.1 Å². The highest BCUT2D eigenvalue weighted by molar-refractivity contribution is 5.70. The molecule has 0 atom stereocenters. The molecule has 3 heteroatoms. The van der Waals surface area contributed by atoms with E-state index < -0.39 is 0 Å². The minimum absolute atomic E-state index is 0.316. The maximum absolute atomic E-state index is 10.2. The van der Waals surface area contributed by atoms with E-state index in [9.17, 15) is 4.79 Å².